The first-order valence-corrected chi connectivity index (χ1v) is 14.2. The molecule has 202 valence electrons. The van der Waals surface area contributed by atoms with Gasteiger partial charge in [0.2, 0.25) is 15.9 Å². The molecule has 4 aromatic carbocycles. The van der Waals surface area contributed by atoms with Gasteiger partial charge < -0.3 is 14.8 Å². The minimum absolute atomic E-state index is 0.0509. The van der Waals surface area contributed by atoms with E-state index in [1.807, 2.05) is 48.5 Å². The van der Waals surface area contributed by atoms with Gasteiger partial charge >= 0.3 is 0 Å². The van der Waals surface area contributed by atoms with Crippen LogP contribution in [0.3, 0.4) is 0 Å². The molecule has 1 amide bonds. The molecule has 0 spiro atoms. The van der Waals surface area contributed by atoms with E-state index in [-0.39, 0.29) is 16.5 Å². The van der Waals surface area contributed by atoms with Crippen molar-refractivity contribution in [3.05, 3.63) is 113 Å². The second-order valence-electron chi connectivity index (χ2n) is 8.47. The van der Waals surface area contributed by atoms with Crippen molar-refractivity contribution in [1.82, 2.24) is 4.31 Å². The van der Waals surface area contributed by atoms with Crippen LogP contribution in [-0.4, -0.2) is 38.8 Å². The van der Waals surface area contributed by atoms with Crippen LogP contribution in [0, 0.1) is 0 Å². The predicted octanol–water partition coefficient (Wildman–Crippen LogP) is 6.67. The fourth-order valence-corrected chi connectivity index (χ4v) is 5.71. The van der Waals surface area contributed by atoms with Crippen LogP contribution in [0.4, 0.5) is 5.69 Å². The summed E-state index contributed by atoms with van der Waals surface area (Å²) in [6.45, 7) is -0.386. The van der Waals surface area contributed by atoms with Crippen LogP contribution >= 0.6 is 23.2 Å². The van der Waals surface area contributed by atoms with E-state index in [0.717, 1.165) is 9.87 Å². The lowest BCUT2D eigenvalue weighted by molar-refractivity contribution is -0.116. The highest BCUT2D eigenvalue weighted by Gasteiger charge is 2.28. The zero-order valence-electron chi connectivity index (χ0n) is 21.0. The third kappa shape index (κ3) is 7.52. The summed E-state index contributed by atoms with van der Waals surface area (Å²) in [4.78, 5) is 13.2. The summed E-state index contributed by atoms with van der Waals surface area (Å²) in [6, 6.07) is 27.5. The Kier molecular flexibility index (Phi) is 9.48. The smallest absolute Gasteiger partial charge is 0.243 e. The van der Waals surface area contributed by atoms with Crippen molar-refractivity contribution in [3.63, 3.8) is 0 Å². The van der Waals surface area contributed by atoms with E-state index in [0.29, 0.717) is 34.4 Å². The highest BCUT2D eigenvalue weighted by atomic mass is 35.5. The number of rotatable bonds is 11. The molecule has 0 aliphatic carbocycles. The van der Waals surface area contributed by atoms with Crippen molar-refractivity contribution in [2.24, 2.45) is 0 Å². The molecule has 0 heterocycles. The second-order valence-corrected chi connectivity index (χ2v) is 11.3. The van der Waals surface area contributed by atoms with Gasteiger partial charge in [-0.15, -0.1) is 0 Å². The molecule has 0 saturated heterocycles. The number of halogens is 2. The van der Waals surface area contributed by atoms with Gasteiger partial charge in [0.15, 0.2) is 5.75 Å². The van der Waals surface area contributed by atoms with Crippen LogP contribution in [0.1, 0.15) is 5.56 Å². The number of sulfonamides is 1. The third-order valence-electron chi connectivity index (χ3n) is 5.76. The Morgan fingerprint density at radius 1 is 0.872 bits per heavy atom. The molecular formula is C29H26Cl2N2O5S. The molecule has 4 rings (SSSR count). The van der Waals surface area contributed by atoms with Crippen molar-refractivity contribution >= 4 is 44.8 Å². The number of anilines is 1. The number of benzene rings is 4. The summed E-state index contributed by atoms with van der Waals surface area (Å²) in [6.07, 6.45) is 0.400. The van der Waals surface area contributed by atoms with Gasteiger partial charge in [-0.1, -0.05) is 71.7 Å². The standard InChI is InChI=1S/C29H26Cl2N2O5S/c1-37-27-15-13-24(19-25(27)31)39(35,36)33(17-16-21-8-4-2-5-9-21)20-29(34)32-26-18-22(30)12-14-28(26)38-23-10-6-3-7-11-23/h2-15,18-19H,16-17,20H2,1H3,(H,32,34). The molecule has 4 aromatic rings. The van der Waals surface area contributed by atoms with Gasteiger partial charge in [0, 0.05) is 11.6 Å². The van der Waals surface area contributed by atoms with E-state index in [9.17, 15) is 13.2 Å². The molecule has 0 atom stereocenters. The van der Waals surface area contributed by atoms with Crippen LogP contribution in [0.5, 0.6) is 17.2 Å². The van der Waals surface area contributed by atoms with Gasteiger partial charge in [-0.05, 0) is 60.5 Å². The number of para-hydroxylation sites is 1. The third-order valence-corrected chi connectivity index (χ3v) is 8.13. The number of nitrogens with one attached hydrogen (secondary N) is 1. The fraction of sp³-hybridized carbons (Fsp3) is 0.138. The number of amides is 1. The van der Waals surface area contributed by atoms with Crippen molar-refractivity contribution in [1.29, 1.82) is 0 Å². The largest absolute Gasteiger partial charge is 0.495 e. The quantitative estimate of drug-likeness (QED) is 0.213. The van der Waals surface area contributed by atoms with Crippen molar-refractivity contribution < 1.29 is 22.7 Å². The van der Waals surface area contributed by atoms with Crippen LogP contribution in [0.25, 0.3) is 0 Å². The molecule has 0 fully saturated rings. The van der Waals surface area contributed by atoms with E-state index in [2.05, 4.69) is 5.32 Å². The van der Waals surface area contributed by atoms with Crippen LogP contribution < -0.4 is 14.8 Å². The molecule has 0 aliphatic rings. The summed E-state index contributed by atoms with van der Waals surface area (Å²) in [5, 5.41) is 3.28. The number of nitrogens with zero attached hydrogens (tertiary/aromatic N) is 1. The van der Waals surface area contributed by atoms with Gasteiger partial charge in [-0.3, -0.25) is 4.79 Å². The fourth-order valence-electron chi connectivity index (χ4n) is 3.79. The molecule has 0 unspecified atom stereocenters. The lowest BCUT2D eigenvalue weighted by Gasteiger charge is -2.23. The lowest BCUT2D eigenvalue weighted by Crippen LogP contribution is -2.39. The van der Waals surface area contributed by atoms with Gasteiger partial charge in [-0.2, -0.15) is 4.31 Å². The van der Waals surface area contributed by atoms with E-state index in [1.54, 1.807) is 30.3 Å². The Morgan fingerprint density at radius 3 is 2.21 bits per heavy atom. The predicted molar refractivity (Wildman–Crippen MR) is 154 cm³/mol. The van der Waals surface area contributed by atoms with E-state index in [4.69, 9.17) is 32.7 Å². The Balaban J connectivity index is 1.59. The lowest BCUT2D eigenvalue weighted by atomic mass is 10.1. The molecule has 10 heteroatoms. The first-order chi connectivity index (χ1) is 18.8. The number of ether oxygens (including phenoxy) is 2. The monoisotopic (exact) mass is 584 g/mol. The minimum atomic E-state index is -4.10. The molecule has 0 aromatic heterocycles. The Morgan fingerprint density at radius 2 is 1.54 bits per heavy atom. The van der Waals surface area contributed by atoms with E-state index < -0.39 is 22.5 Å². The van der Waals surface area contributed by atoms with Crippen LogP contribution in [-0.2, 0) is 21.2 Å². The zero-order valence-corrected chi connectivity index (χ0v) is 23.3. The maximum atomic E-state index is 13.7. The summed E-state index contributed by atoms with van der Waals surface area (Å²) >= 11 is 12.4. The van der Waals surface area contributed by atoms with Crippen molar-refractivity contribution in [3.8, 4) is 17.2 Å². The molecule has 0 saturated carbocycles. The Hall–Kier alpha value is -3.56. The van der Waals surface area contributed by atoms with Gasteiger partial charge in [0.05, 0.1) is 29.3 Å². The number of methoxy groups -OCH3 is 1. The Labute approximate surface area is 237 Å². The summed E-state index contributed by atoms with van der Waals surface area (Å²) in [5.74, 6) is 0.709. The number of carbonyl (C=O) groups excluding carboxylic acids is 1. The molecular weight excluding hydrogens is 559 g/mol. The highest BCUT2D eigenvalue weighted by Crippen LogP contribution is 2.32. The first-order valence-electron chi connectivity index (χ1n) is 12.0. The highest BCUT2D eigenvalue weighted by molar-refractivity contribution is 7.89. The van der Waals surface area contributed by atoms with Crippen LogP contribution in [0.2, 0.25) is 10.0 Å². The summed E-state index contributed by atoms with van der Waals surface area (Å²) in [7, 11) is -2.66. The average molecular weight is 586 g/mol. The van der Waals surface area contributed by atoms with E-state index in [1.165, 1.54) is 25.3 Å². The zero-order chi connectivity index (χ0) is 27.8. The average Bonchev–Trinajstić information content (AvgIpc) is 2.93. The number of carbonyl (C=O) groups is 1. The molecule has 0 bridgehead atoms. The SMILES string of the molecule is COc1ccc(S(=O)(=O)N(CCc2ccccc2)CC(=O)Nc2cc(Cl)ccc2Oc2ccccc2)cc1Cl. The molecule has 0 radical (unpaired) electrons. The molecule has 39 heavy (non-hydrogen) atoms. The van der Waals surface area contributed by atoms with Crippen molar-refractivity contribution in [2.45, 2.75) is 11.3 Å². The van der Waals surface area contributed by atoms with Crippen LogP contribution in [0.15, 0.2) is 102 Å². The molecule has 7 nitrogen and oxygen atoms in total. The molecule has 1 N–H and O–H groups in total. The minimum Gasteiger partial charge on any atom is -0.495 e. The first kappa shape index (κ1) is 28.4. The summed E-state index contributed by atoms with van der Waals surface area (Å²) < 4.78 is 39.5. The Bertz CT molecular complexity index is 1530. The van der Waals surface area contributed by atoms with Gasteiger partial charge in [-0.25, -0.2) is 8.42 Å². The number of hydrogen-bond acceptors (Lipinski definition) is 5. The van der Waals surface area contributed by atoms with E-state index >= 15 is 0 Å². The van der Waals surface area contributed by atoms with Gasteiger partial charge in [0.25, 0.3) is 0 Å². The topological polar surface area (TPSA) is 84.9 Å². The normalized spacial score (nSPS) is 11.3. The second kappa shape index (κ2) is 13.0. The summed E-state index contributed by atoms with van der Waals surface area (Å²) in [5.41, 5.74) is 1.24. The van der Waals surface area contributed by atoms with Gasteiger partial charge in [0.1, 0.15) is 11.5 Å². The maximum Gasteiger partial charge on any atom is 0.243 e. The van der Waals surface area contributed by atoms with Crippen molar-refractivity contribution in [2.75, 3.05) is 25.5 Å². The maximum absolute atomic E-state index is 13.7. The molecule has 0 aliphatic heterocycles. The number of hydrogen-bond donors (Lipinski definition) is 1.